The van der Waals surface area contributed by atoms with Crippen LogP contribution in [0.25, 0.3) is 0 Å². The zero-order valence-electron chi connectivity index (χ0n) is 9.44. The van der Waals surface area contributed by atoms with Crippen LogP contribution in [0.5, 0.6) is 0 Å². The molecule has 0 aliphatic carbocycles. The standard InChI is InChI=1S/C11H19N3S/c1-4-5-6-7-9(12)11-10(8(2)3)13-14-15-11/h4,8-9H,1,5-7,12H2,2-3H3. The van der Waals surface area contributed by atoms with Crippen LogP contribution in [-0.2, 0) is 0 Å². The molecule has 0 saturated carbocycles. The Morgan fingerprint density at radius 3 is 2.87 bits per heavy atom. The van der Waals surface area contributed by atoms with Crippen molar-refractivity contribution in [2.45, 2.75) is 45.1 Å². The van der Waals surface area contributed by atoms with Gasteiger partial charge in [0.25, 0.3) is 0 Å². The summed E-state index contributed by atoms with van der Waals surface area (Å²) < 4.78 is 3.98. The van der Waals surface area contributed by atoms with Crippen LogP contribution in [-0.4, -0.2) is 9.59 Å². The normalized spacial score (nSPS) is 13.1. The second-order valence-corrected chi connectivity index (χ2v) is 4.79. The fraction of sp³-hybridized carbons (Fsp3) is 0.636. The van der Waals surface area contributed by atoms with E-state index in [-0.39, 0.29) is 6.04 Å². The van der Waals surface area contributed by atoms with E-state index in [0.29, 0.717) is 5.92 Å². The van der Waals surface area contributed by atoms with Crippen molar-refractivity contribution >= 4 is 11.5 Å². The van der Waals surface area contributed by atoms with E-state index >= 15 is 0 Å². The second kappa shape index (κ2) is 5.98. The third kappa shape index (κ3) is 3.39. The molecular formula is C11H19N3S. The van der Waals surface area contributed by atoms with Crippen LogP contribution in [0.2, 0.25) is 0 Å². The summed E-state index contributed by atoms with van der Waals surface area (Å²) in [6.45, 7) is 7.95. The van der Waals surface area contributed by atoms with Gasteiger partial charge in [0, 0.05) is 6.04 Å². The largest absolute Gasteiger partial charge is 0.323 e. The Hall–Kier alpha value is -0.740. The molecule has 0 aliphatic heterocycles. The zero-order chi connectivity index (χ0) is 11.3. The average molecular weight is 225 g/mol. The maximum atomic E-state index is 6.11. The first kappa shape index (κ1) is 12.3. The van der Waals surface area contributed by atoms with Gasteiger partial charge < -0.3 is 5.73 Å². The molecule has 1 rings (SSSR count). The van der Waals surface area contributed by atoms with Crippen molar-refractivity contribution in [3.8, 4) is 0 Å². The highest BCUT2D eigenvalue weighted by Gasteiger charge is 2.17. The maximum Gasteiger partial charge on any atom is 0.0828 e. The van der Waals surface area contributed by atoms with Crippen LogP contribution in [0.4, 0.5) is 0 Å². The molecule has 15 heavy (non-hydrogen) atoms. The van der Waals surface area contributed by atoms with Gasteiger partial charge in [-0.15, -0.1) is 11.7 Å². The molecule has 1 aromatic rings. The molecule has 0 saturated heterocycles. The van der Waals surface area contributed by atoms with Crippen LogP contribution >= 0.6 is 11.5 Å². The van der Waals surface area contributed by atoms with E-state index in [1.165, 1.54) is 11.5 Å². The van der Waals surface area contributed by atoms with Crippen molar-refractivity contribution in [3.05, 3.63) is 23.2 Å². The molecule has 4 heteroatoms. The number of allylic oxidation sites excluding steroid dienone is 1. The lowest BCUT2D eigenvalue weighted by molar-refractivity contribution is 0.613. The first-order valence-corrected chi connectivity index (χ1v) is 6.12. The van der Waals surface area contributed by atoms with Gasteiger partial charge >= 0.3 is 0 Å². The molecule has 0 bridgehead atoms. The summed E-state index contributed by atoms with van der Waals surface area (Å²) in [5.41, 5.74) is 7.18. The zero-order valence-corrected chi connectivity index (χ0v) is 10.3. The minimum absolute atomic E-state index is 0.0855. The third-order valence-electron chi connectivity index (χ3n) is 2.35. The molecule has 0 amide bonds. The molecular weight excluding hydrogens is 206 g/mol. The van der Waals surface area contributed by atoms with Gasteiger partial charge in [-0.3, -0.25) is 0 Å². The quantitative estimate of drug-likeness (QED) is 0.598. The number of aromatic nitrogens is 2. The average Bonchev–Trinajstić information content (AvgIpc) is 2.66. The first-order chi connectivity index (χ1) is 7.16. The van der Waals surface area contributed by atoms with E-state index in [1.54, 1.807) is 0 Å². The molecule has 1 aromatic heterocycles. The molecule has 84 valence electrons. The fourth-order valence-electron chi connectivity index (χ4n) is 1.48. The van der Waals surface area contributed by atoms with Crippen molar-refractivity contribution in [2.75, 3.05) is 0 Å². The van der Waals surface area contributed by atoms with Gasteiger partial charge in [-0.1, -0.05) is 24.4 Å². The smallest absolute Gasteiger partial charge is 0.0828 e. The summed E-state index contributed by atoms with van der Waals surface area (Å²) in [5.74, 6) is 0.407. The lowest BCUT2D eigenvalue weighted by Crippen LogP contribution is -2.11. The SMILES string of the molecule is C=CCCCC(N)c1snnc1C(C)C. The number of nitrogens with zero attached hydrogens (tertiary/aromatic N) is 2. The molecule has 1 heterocycles. The highest BCUT2D eigenvalue weighted by molar-refractivity contribution is 7.05. The lowest BCUT2D eigenvalue weighted by atomic mass is 10.0. The van der Waals surface area contributed by atoms with Crippen molar-refractivity contribution in [1.82, 2.24) is 9.59 Å². The van der Waals surface area contributed by atoms with E-state index in [9.17, 15) is 0 Å². The molecule has 0 fully saturated rings. The van der Waals surface area contributed by atoms with Gasteiger partial charge in [-0.05, 0) is 36.7 Å². The molecule has 2 N–H and O–H groups in total. The van der Waals surface area contributed by atoms with Crippen molar-refractivity contribution in [3.63, 3.8) is 0 Å². The van der Waals surface area contributed by atoms with Gasteiger partial charge in [-0.25, -0.2) is 0 Å². The minimum Gasteiger partial charge on any atom is -0.323 e. The van der Waals surface area contributed by atoms with Crippen LogP contribution in [0, 0.1) is 0 Å². The van der Waals surface area contributed by atoms with Gasteiger partial charge in [0.05, 0.1) is 10.6 Å². The fourth-order valence-corrected chi connectivity index (χ4v) is 2.32. The Balaban J connectivity index is 2.60. The number of hydrogen-bond acceptors (Lipinski definition) is 4. The highest BCUT2D eigenvalue weighted by atomic mass is 32.1. The Bertz CT molecular complexity index is 307. The first-order valence-electron chi connectivity index (χ1n) is 5.35. The monoisotopic (exact) mass is 225 g/mol. The summed E-state index contributed by atoms with van der Waals surface area (Å²) in [6.07, 6.45) is 5.02. The topological polar surface area (TPSA) is 51.8 Å². The molecule has 0 radical (unpaired) electrons. The number of hydrogen-bond donors (Lipinski definition) is 1. The van der Waals surface area contributed by atoms with Gasteiger partial charge in [0.1, 0.15) is 0 Å². The van der Waals surface area contributed by atoms with Gasteiger partial charge in [0.2, 0.25) is 0 Å². The van der Waals surface area contributed by atoms with E-state index in [0.717, 1.165) is 29.8 Å². The molecule has 0 spiro atoms. The van der Waals surface area contributed by atoms with E-state index in [1.807, 2.05) is 6.08 Å². The Morgan fingerprint density at radius 2 is 2.27 bits per heavy atom. The summed E-state index contributed by atoms with van der Waals surface area (Å²) in [5, 5.41) is 4.13. The maximum absolute atomic E-state index is 6.11. The molecule has 3 nitrogen and oxygen atoms in total. The Morgan fingerprint density at radius 1 is 1.53 bits per heavy atom. The van der Waals surface area contributed by atoms with E-state index in [2.05, 4.69) is 30.0 Å². The van der Waals surface area contributed by atoms with E-state index in [4.69, 9.17) is 5.73 Å². The van der Waals surface area contributed by atoms with E-state index < -0.39 is 0 Å². The molecule has 0 aromatic carbocycles. The van der Waals surface area contributed by atoms with Crippen LogP contribution in [0.1, 0.15) is 55.6 Å². The summed E-state index contributed by atoms with van der Waals surface area (Å²) in [4.78, 5) is 1.15. The second-order valence-electron chi connectivity index (χ2n) is 4.00. The third-order valence-corrected chi connectivity index (χ3v) is 3.22. The van der Waals surface area contributed by atoms with Gasteiger partial charge in [-0.2, -0.15) is 0 Å². The van der Waals surface area contributed by atoms with Crippen molar-refractivity contribution in [2.24, 2.45) is 5.73 Å². The molecule has 1 unspecified atom stereocenters. The van der Waals surface area contributed by atoms with Crippen molar-refractivity contribution < 1.29 is 0 Å². The summed E-state index contributed by atoms with van der Waals surface area (Å²) in [6, 6.07) is 0.0855. The highest BCUT2D eigenvalue weighted by Crippen LogP contribution is 2.27. The number of nitrogens with two attached hydrogens (primary N) is 1. The summed E-state index contributed by atoms with van der Waals surface area (Å²) >= 11 is 1.43. The lowest BCUT2D eigenvalue weighted by Gasteiger charge is -2.11. The van der Waals surface area contributed by atoms with Crippen LogP contribution in [0.15, 0.2) is 12.7 Å². The number of rotatable bonds is 6. The minimum atomic E-state index is 0.0855. The van der Waals surface area contributed by atoms with Gasteiger partial charge in [0.15, 0.2) is 0 Å². The molecule has 1 atom stereocenters. The van der Waals surface area contributed by atoms with Crippen LogP contribution in [0.3, 0.4) is 0 Å². The van der Waals surface area contributed by atoms with Crippen LogP contribution < -0.4 is 5.73 Å². The van der Waals surface area contributed by atoms with Crippen molar-refractivity contribution in [1.29, 1.82) is 0 Å². The number of unbranched alkanes of at least 4 members (excludes halogenated alkanes) is 1. The molecule has 0 aliphatic rings. The predicted octanol–water partition coefficient (Wildman–Crippen LogP) is 3.02. The predicted molar refractivity (Wildman–Crippen MR) is 65.0 cm³/mol. The summed E-state index contributed by atoms with van der Waals surface area (Å²) in [7, 11) is 0. The Labute approximate surface area is 95.6 Å². The Kier molecular flexibility index (Phi) is 4.91.